The third-order valence-electron chi connectivity index (χ3n) is 9.26. The Hall–Kier alpha value is -5.30. The standard InChI is InChI=1S/C37H42FN5O7/c1-22-21-50-36-32-26(17-28(38)33(36)42-12-10-41(2)11-13-42)34(45)27(20-43(22)32)37(46)40-19-24-8-6-23(7-9-24)18-39-31(44)16-25-14-29(47-3)35(49-5)30(15-25)48-4/h6-9,14-15,17,20,22H,10-13,16,18-19,21H2,1-5H3,(H,39,44)(H,40,46). The van der Waals surface area contributed by atoms with Crippen LogP contribution < -0.4 is 39.9 Å². The predicted octanol–water partition coefficient (Wildman–Crippen LogP) is 3.66. The lowest BCUT2D eigenvalue weighted by molar-refractivity contribution is -0.120. The Morgan fingerprint density at radius 1 is 0.900 bits per heavy atom. The minimum atomic E-state index is -0.549. The van der Waals surface area contributed by atoms with Crippen LogP contribution in [0, 0.1) is 5.82 Å². The van der Waals surface area contributed by atoms with Crippen LogP contribution >= 0.6 is 0 Å². The van der Waals surface area contributed by atoms with Gasteiger partial charge in [0.2, 0.25) is 17.1 Å². The van der Waals surface area contributed by atoms with Gasteiger partial charge in [-0.05, 0) is 48.9 Å². The van der Waals surface area contributed by atoms with Gasteiger partial charge in [-0.25, -0.2) is 4.39 Å². The maximum atomic E-state index is 15.7. The molecule has 2 aliphatic rings. The van der Waals surface area contributed by atoms with Gasteiger partial charge < -0.3 is 43.9 Å². The van der Waals surface area contributed by atoms with Crippen molar-refractivity contribution in [3.8, 4) is 23.0 Å². The van der Waals surface area contributed by atoms with E-state index in [4.69, 9.17) is 18.9 Å². The predicted molar refractivity (Wildman–Crippen MR) is 187 cm³/mol. The van der Waals surface area contributed by atoms with Gasteiger partial charge in [-0.2, -0.15) is 0 Å². The SMILES string of the molecule is COc1cc(CC(=O)NCc2ccc(CNC(=O)c3cn4c5c(c(N6CCN(C)CC6)c(F)cc5c3=O)OCC4C)cc2)cc(OC)c1OC. The van der Waals surface area contributed by atoms with Gasteiger partial charge in [0.15, 0.2) is 23.1 Å². The summed E-state index contributed by atoms with van der Waals surface area (Å²) in [6.45, 7) is 5.56. The van der Waals surface area contributed by atoms with E-state index in [1.165, 1.54) is 27.4 Å². The Labute approximate surface area is 289 Å². The number of nitrogens with zero attached hydrogens (tertiary/aromatic N) is 3. The molecule has 13 heteroatoms. The molecular weight excluding hydrogens is 645 g/mol. The molecule has 0 radical (unpaired) electrons. The summed E-state index contributed by atoms with van der Waals surface area (Å²) in [4.78, 5) is 43.8. The van der Waals surface area contributed by atoms with E-state index in [-0.39, 0.29) is 42.5 Å². The molecule has 1 fully saturated rings. The number of nitrogens with one attached hydrogen (secondary N) is 2. The molecule has 12 nitrogen and oxygen atoms in total. The number of amides is 2. The second-order valence-corrected chi connectivity index (χ2v) is 12.6. The molecule has 1 unspecified atom stereocenters. The van der Waals surface area contributed by atoms with Gasteiger partial charge in [-0.15, -0.1) is 0 Å². The average Bonchev–Trinajstić information content (AvgIpc) is 3.12. The third-order valence-corrected chi connectivity index (χ3v) is 9.26. The Morgan fingerprint density at radius 3 is 2.12 bits per heavy atom. The molecule has 3 heterocycles. The molecule has 50 heavy (non-hydrogen) atoms. The number of aromatic nitrogens is 1. The van der Waals surface area contributed by atoms with Crippen LogP contribution in [-0.2, 0) is 24.3 Å². The number of halogens is 1. The Kier molecular flexibility index (Phi) is 10.1. The number of carbonyl (C=O) groups excluding carboxylic acids is 2. The number of piperazine rings is 1. The van der Waals surface area contributed by atoms with Crippen LogP contribution in [0.5, 0.6) is 23.0 Å². The first-order valence-electron chi connectivity index (χ1n) is 16.5. The number of hydrogen-bond acceptors (Lipinski definition) is 9. The van der Waals surface area contributed by atoms with Crippen molar-refractivity contribution in [3.63, 3.8) is 0 Å². The number of carbonyl (C=O) groups is 2. The molecule has 0 spiro atoms. The zero-order valence-electron chi connectivity index (χ0n) is 28.9. The minimum Gasteiger partial charge on any atom is -0.493 e. The number of anilines is 1. The van der Waals surface area contributed by atoms with E-state index >= 15 is 4.39 Å². The average molecular weight is 688 g/mol. The fraction of sp³-hybridized carbons (Fsp3) is 0.378. The van der Waals surface area contributed by atoms with Crippen LogP contribution in [0.1, 0.15) is 40.0 Å². The number of methoxy groups -OCH3 is 3. The van der Waals surface area contributed by atoms with Crippen molar-refractivity contribution in [3.05, 3.63) is 87.0 Å². The van der Waals surface area contributed by atoms with E-state index in [9.17, 15) is 14.4 Å². The van der Waals surface area contributed by atoms with Crippen LogP contribution in [0.15, 0.2) is 53.5 Å². The van der Waals surface area contributed by atoms with Crippen LogP contribution in [0.2, 0.25) is 0 Å². The van der Waals surface area contributed by atoms with Gasteiger partial charge in [0.1, 0.15) is 17.9 Å². The fourth-order valence-electron chi connectivity index (χ4n) is 6.44. The summed E-state index contributed by atoms with van der Waals surface area (Å²) in [6.07, 6.45) is 1.68. The van der Waals surface area contributed by atoms with Gasteiger partial charge in [0.25, 0.3) is 5.91 Å². The summed E-state index contributed by atoms with van der Waals surface area (Å²) >= 11 is 0. The van der Waals surface area contributed by atoms with E-state index < -0.39 is 17.2 Å². The molecule has 2 aliphatic heterocycles. The number of benzene rings is 3. The summed E-state index contributed by atoms with van der Waals surface area (Å²) < 4.78 is 39.7. The van der Waals surface area contributed by atoms with E-state index in [0.717, 1.165) is 24.2 Å². The zero-order valence-corrected chi connectivity index (χ0v) is 28.9. The third kappa shape index (κ3) is 6.90. The first-order valence-corrected chi connectivity index (χ1v) is 16.5. The van der Waals surface area contributed by atoms with Crippen molar-refractivity contribution in [2.75, 3.05) is 66.1 Å². The van der Waals surface area contributed by atoms with Crippen LogP contribution in [0.25, 0.3) is 10.9 Å². The van der Waals surface area contributed by atoms with Crippen molar-refractivity contribution in [1.29, 1.82) is 0 Å². The molecule has 2 N–H and O–H groups in total. The highest BCUT2D eigenvalue weighted by atomic mass is 19.1. The van der Waals surface area contributed by atoms with Crippen molar-refractivity contribution < 1.29 is 32.9 Å². The van der Waals surface area contributed by atoms with Gasteiger partial charge in [0.05, 0.1) is 44.7 Å². The number of likely N-dealkylation sites (N-methyl/N-ethyl adjacent to an activating group) is 1. The molecule has 4 aromatic rings. The first-order chi connectivity index (χ1) is 24.1. The lowest BCUT2D eigenvalue weighted by Crippen LogP contribution is -2.45. The highest BCUT2D eigenvalue weighted by molar-refractivity contribution is 6.00. The van der Waals surface area contributed by atoms with Crippen molar-refractivity contribution >= 4 is 28.4 Å². The molecular formula is C37H42FN5O7. The van der Waals surface area contributed by atoms with Crippen LogP contribution in [0.3, 0.4) is 0 Å². The Bertz CT molecular complexity index is 1950. The maximum absolute atomic E-state index is 15.7. The Morgan fingerprint density at radius 2 is 1.52 bits per heavy atom. The highest BCUT2D eigenvalue weighted by Crippen LogP contribution is 2.42. The second-order valence-electron chi connectivity index (χ2n) is 12.6. The smallest absolute Gasteiger partial charge is 0.257 e. The Balaban J connectivity index is 1.11. The first kappa shape index (κ1) is 34.6. The number of hydrogen-bond donors (Lipinski definition) is 2. The summed E-state index contributed by atoms with van der Waals surface area (Å²) in [5, 5.41) is 5.87. The molecule has 3 aromatic carbocycles. The summed E-state index contributed by atoms with van der Waals surface area (Å²) in [5.74, 6) is 0.487. The molecule has 2 amide bonds. The number of pyridine rings is 1. The second kappa shape index (κ2) is 14.7. The minimum absolute atomic E-state index is 0.0598. The molecule has 0 bridgehead atoms. The van der Waals surface area contributed by atoms with E-state index in [1.54, 1.807) is 18.3 Å². The van der Waals surface area contributed by atoms with E-state index in [2.05, 4.69) is 15.5 Å². The van der Waals surface area contributed by atoms with Crippen LogP contribution in [0.4, 0.5) is 10.1 Å². The van der Waals surface area contributed by atoms with E-state index in [1.807, 2.05) is 47.7 Å². The van der Waals surface area contributed by atoms with E-state index in [0.29, 0.717) is 59.4 Å². The molecule has 0 aliphatic carbocycles. The molecule has 1 atom stereocenters. The summed E-state index contributed by atoms with van der Waals surface area (Å²) in [5.41, 5.74) is 2.65. The topological polar surface area (TPSA) is 124 Å². The van der Waals surface area contributed by atoms with Crippen molar-refractivity contribution in [2.45, 2.75) is 32.5 Å². The quantitative estimate of drug-likeness (QED) is 0.243. The maximum Gasteiger partial charge on any atom is 0.257 e. The lowest BCUT2D eigenvalue weighted by atomic mass is 10.0. The molecule has 1 aromatic heterocycles. The lowest BCUT2D eigenvalue weighted by Gasteiger charge is -2.37. The monoisotopic (exact) mass is 687 g/mol. The molecule has 6 rings (SSSR count). The highest BCUT2D eigenvalue weighted by Gasteiger charge is 2.31. The zero-order chi connectivity index (χ0) is 35.5. The van der Waals surface area contributed by atoms with Gasteiger partial charge in [-0.1, -0.05) is 24.3 Å². The van der Waals surface area contributed by atoms with Gasteiger partial charge >= 0.3 is 0 Å². The largest absolute Gasteiger partial charge is 0.493 e. The summed E-state index contributed by atoms with van der Waals surface area (Å²) in [7, 11) is 6.59. The van der Waals surface area contributed by atoms with Gasteiger partial charge in [-0.3, -0.25) is 14.4 Å². The van der Waals surface area contributed by atoms with Crippen molar-refractivity contribution in [2.24, 2.45) is 0 Å². The van der Waals surface area contributed by atoms with Crippen LogP contribution in [-0.4, -0.2) is 82.4 Å². The normalized spacial score (nSPS) is 15.7. The molecule has 264 valence electrons. The molecule has 0 saturated carbocycles. The number of rotatable bonds is 11. The molecule has 1 saturated heterocycles. The number of ether oxygens (including phenoxy) is 4. The van der Waals surface area contributed by atoms with Crippen molar-refractivity contribution in [1.82, 2.24) is 20.1 Å². The fourth-order valence-corrected chi connectivity index (χ4v) is 6.44. The van der Waals surface area contributed by atoms with Gasteiger partial charge in [0, 0.05) is 45.5 Å². The summed E-state index contributed by atoms with van der Waals surface area (Å²) in [6, 6.07) is 12.0.